The molecule has 0 bridgehead atoms. The van der Waals surface area contributed by atoms with Crippen molar-refractivity contribution in [2.24, 2.45) is 45.3 Å². The molecule has 7 fully saturated rings. The maximum absolute atomic E-state index is 12.7. The van der Waals surface area contributed by atoms with Crippen molar-refractivity contribution in [1.82, 2.24) is 0 Å². The van der Waals surface area contributed by atoms with Crippen LogP contribution in [-0.4, -0.2) is 180 Å². The fraction of sp³-hybridized carbons (Fsp3) is 0.957. The van der Waals surface area contributed by atoms with Crippen molar-refractivity contribution in [3.05, 3.63) is 11.6 Å². The topological polar surface area (TPSA) is 278 Å². The molecule has 0 aromatic heterocycles. The highest BCUT2D eigenvalue weighted by Crippen LogP contribution is 2.76. The molecule has 0 radical (unpaired) electrons. The molecule has 7 aliphatic rings. The van der Waals surface area contributed by atoms with E-state index in [-0.39, 0.29) is 52.6 Å². The van der Waals surface area contributed by atoms with E-state index in [2.05, 4.69) is 40.7 Å². The number of fused-ring (bicyclic) bond motifs is 5. The van der Waals surface area contributed by atoms with Gasteiger partial charge in [0.15, 0.2) is 18.9 Å². The lowest BCUT2D eigenvalue weighted by molar-refractivity contribution is -0.346. The lowest BCUT2D eigenvalue weighted by Gasteiger charge is -2.71. The molecule has 4 saturated carbocycles. The van der Waals surface area contributed by atoms with Crippen molar-refractivity contribution >= 4 is 0 Å². The summed E-state index contributed by atoms with van der Waals surface area (Å²) < 4.78 is 36.5. The van der Waals surface area contributed by atoms with Crippen molar-refractivity contribution in [2.45, 2.75) is 217 Å². The van der Waals surface area contributed by atoms with Crippen LogP contribution in [-0.2, 0) is 28.4 Å². The number of allylic oxidation sites excluding steroid dienone is 2. The summed E-state index contributed by atoms with van der Waals surface area (Å²) in [6, 6.07) is 0. The third-order valence-electron chi connectivity index (χ3n) is 18.4. The molecule has 370 valence electrons. The van der Waals surface area contributed by atoms with E-state index in [1.165, 1.54) is 0 Å². The second-order valence-corrected chi connectivity index (χ2v) is 22.5. The van der Waals surface area contributed by atoms with Crippen molar-refractivity contribution in [3.63, 3.8) is 0 Å². The number of hydrogen-bond acceptors (Lipinski definition) is 17. The van der Waals surface area contributed by atoms with Crippen LogP contribution in [0.15, 0.2) is 11.6 Å². The number of aliphatic hydroxyl groups is 11. The van der Waals surface area contributed by atoms with Crippen LogP contribution in [0, 0.1) is 45.3 Å². The van der Waals surface area contributed by atoms with Crippen LogP contribution in [0.5, 0.6) is 0 Å². The monoisotopic (exact) mass is 917 g/mol. The predicted molar refractivity (Wildman–Crippen MR) is 228 cm³/mol. The number of aliphatic hydroxyl groups excluding tert-OH is 11. The van der Waals surface area contributed by atoms with Gasteiger partial charge in [-0.3, -0.25) is 0 Å². The van der Waals surface area contributed by atoms with E-state index in [4.69, 9.17) is 28.4 Å². The molecular formula is C47H80O17. The molecule has 64 heavy (non-hydrogen) atoms. The molecule has 4 aliphatic carbocycles. The minimum Gasteiger partial charge on any atom is -0.394 e. The average Bonchev–Trinajstić information content (AvgIpc) is 3.62. The smallest absolute Gasteiger partial charge is 0.187 e. The zero-order valence-electron chi connectivity index (χ0n) is 39.0. The summed E-state index contributed by atoms with van der Waals surface area (Å²) in [6.45, 7) is 16.3. The van der Waals surface area contributed by atoms with Gasteiger partial charge in [-0.2, -0.15) is 0 Å². The first-order valence-corrected chi connectivity index (χ1v) is 23.8. The predicted octanol–water partition coefficient (Wildman–Crippen LogP) is 0.612. The highest BCUT2D eigenvalue weighted by atomic mass is 16.7. The lowest BCUT2D eigenvalue weighted by Crippen LogP contribution is -2.67. The van der Waals surface area contributed by atoms with Crippen molar-refractivity contribution in [2.75, 3.05) is 19.8 Å². The van der Waals surface area contributed by atoms with Gasteiger partial charge in [0.05, 0.1) is 37.6 Å². The second-order valence-electron chi connectivity index (χ2n) is 22.5. The first kappa shape index (κ1) is 50.9. The maximum atomic E-state index is 12.7. The Bertz CT molecular complexity index is 1630. The minimum absolute atomic E-state index is 0.149. The summed E-state index contributed by atoms with van der Waals surface area (Å²) in [7, 11) is 0. The molecule has 0 spiro atoms. The van der Waals surface area contributed by atoms with E-state index in [1.807, 2.05) is 20.8 Å². The molecule has 3 saturated heterocycles. The second kappa shape index (κ2) is 18.8. The number of hydrogen-bond donors (Lipinski definition) is 11. The van der Waals surface area contributed by atoms with Crippen LogP contribution < -0.4 is 0 Å². The molecule has 0 aromatic carbocycles. The summed E-state index contributed by atoms with van der Waals surface area (Å²) >= 11 is 0. The van der Waals surface area contributed by atoms with Gasteiger partial charge < -0.3 is 84.6 Å². The lowest BCUT2D eigenvalue weighted by atomic mass is 9.35. The van der Waals surface area contributed by atoms with Gasteiger partial charge >= 0.3 is 0 Å². The van der Waals surface area contributed by atoms with Gasteiger partial charge in [0.25, 0.3) is 0 Å². The van der Waals surface area contributed by atoms with Crippen LogP contribution in [0.3, 0.4) is 0 Å². The molecule has 11 N–H and O–H groups in total. The first-order valence-electron chi connectivity index (χ1n) is 23.8. The van der Waals surface area contributed by atoms with Gasteiger partial charge in [-0.25, -0.2) is 0 Å². The molecular weight excluding hydrogens is 836 g/mol. The summed E-state index contributed by atoms with van der Waals surface area (Å²) in [5.41, 5.74) is -0.948. The van der Waals surface area contributed by atoms with Crippen LogP contribution in [0.4, 0.5) is 0 Å². The zero-order valence-corrected chi connectivity index (χ0v) is 39.0. The van der Waals surface area contributed by atoms with Crippen molar-refractivity contribution in [1.29, 1.82) is 0 Å². The van der Waals surface area contributed by atoms with E-state index in [0.717, 1.165) is 37.7 Å². The van der Waals surface area contributed by atoms with Gasteiger partial charge in [0.1, 0.15) is 67.1 Å². The van der Waals surface area contributed by atoms with Crippen LogP contribution in [0.2, 0.25) is 0 Å². The van der Waals surface area contributed by atoms with Gasteiger partial charge in [-0.05, 0) is 124 Å². The maximum Gasteiger partial charge on any atom is 0.187 e. The van der Waals surface area contributed by atoms with Crippen LogP contribution in [0.25, 0.3) is 0 Å². The molecule has 3 aliphatic heterocycles. The van der Waals surface area contributed by atoms with Gasteiger partial charge in [-0.1, -0.05) is 46.3 Å². The molecule has 0 aromatic rings. The number of rotatable bonds is 12. The Labute approximate surface area is 377 Å². The highest BCUT2D eigenvalue weighted by molar-refractivity contribution is 5.20. The Morgan fingerprint density at radius 1 is 0.672 bits per heavy atom. The summed E-state index contributed by atoms with van der Waals surface area (Å²) in [6.07, 6.45) is -12.4. The molecule has 0 amide bonds. The average molecular weight is 917 g/mol. The van der Waals surface area contributed by atoms with E-state index in [1.54, 1.807) is 0 Å². The normalized spacial score (nSPS) is 52.5. The van der Waals surface area contributed by atoms with Crippen molar-refractivity contribution in [3.8, 4) is 0 Å². The van der Waals surface area contributed by atoms with Crippen LogP contribution in [0.1, 0.15) is 113 Å². The van der Waals surface area contributed by atoms with Crippen molar-refractivity contribution < 1.29 is 84.6 Å². The van der Waals surface area contributed by atoms with Gasteiger partial charge in [-0.15, -0.1) is 0 Å². The first-order chi connectivity index (χ1) is 29.9. The number of ether oxygens (including phenoxy) is 6. The quantitative estimate of drug-likeness (QED) is 0.0946. The third-order valence-corrected chi connectivity index (χ3v) is 18.4. The SMILES string of the molecule is CC(C)=CCC[C@](C)(O[C@@H]1O[C@H](CO[C@H]2OC[C@@H](O)[C@@H](O)[C@H]2O)[C@@H](O)[C@H](O)[C@H]1O)[C@H]1CC[C@]2(C)[C@@H]1[C@H](O)C[C@@H]1[C@@]3(C)CC[C@H](O[C@@H]4O[C@H](CO)[C@@H](O)[C@H](O)[C@H]4O)C(C)(C)[C@@H]3CC[C@]12C. The minimum atomic E-state index is -1.68. The molecule has 17 nitrogen and oxygen atoms in total. The molecule has 0 unspecified atom stereocenters. The summed E-state index contributed by atoms with van der Waals surface area (Å²) in [4.78, 5) is 0. The Morgan fingerprint density at radius 3 is 1.94 bits per heavy atom. The van der Waals surface area contributed by atoms with Gasteiger partial charge in [0, 0.05) is 0 Å². The Balaban J connectivity index is 1.11. The summed E-state index contributed by atoms with van der Waals surface area (Å²) in [5, 5.41) is 118. The van der Waals surface area contributed by atoms with E-state index in [9.17, 15) is 56.2 Å². The van der Waals surface area contributed by atoms with Crippen LogP contribution >= 0.6 is 0 Å². The highest BCUT2D eigenvalue weighted by Gasteiger charge is 2.72. The Kier molecular flexibility index (Phi) is 14.9. The fourth-order valence-corrected chi connectivity index (χ4v) is 14.5. The van der Waals surface area contributed by atoms with E-state index in [0.29, 0.717) is 25.7 Å². The molecule has 3 heterocycles. The van der Waals surface area contributed by atoms with E-state index < -0.39 is 116 Å². The largest absolute Gasteiger partial charge is 0.394 e. The third kappa shape index (κ3) is 8.60. The fourth-order valence-electron chi connectivity index (χ4n) is 14.5. The Hall–Kier alpha value is -0.940. The molecule has 17 heteroatoms. The molecule has 7 rings (SSSR count). The standard InChI is InChI=1S/C47H80O17/c1-22(2)10-9-14-47(8,64-42-39(58)36(55)34(53)27(62-42)21-60-40-37(56)32(51)25(50)20-59-40)23-11-16-46(7)31(23)24(49)18-29-44(5)15-13-30(43(3,4)28(44)12-17-45(29,46)6)63-41-38(57)35(54)33(52)26(19-48)61-41/h10,23-42,48-58H,9,11-21H2,1-8H3/t23-,24+,25+,26+,27+,28-,29+,30-,31-,32+,33+,34+,35-,36-,37+,38+,39+,40+,41-,42-,44-,45+,46+,47-/m0/s1. The Morgan fingerprint density at radius 2 is 1.28 bits per heavy atom. The summed E-state index contributed by atoms with van der Waals surface area (Å²) in [5.74, 6) is -0.0478. The van der Waals surface area contributed by atoms with Gasteiger partial charge in [0.2, 0.25) is 0 Å². The van der Waals surface area contributed by atoms with E-state index >= 15 is 0 Å². The molecule has 24 atom stereocenters. The zero-order chi connectivity index (χ0) is 47.1.